The van der Waals surface area contributed by atoms with Gasteiger partial charge in [0.05, 0.1) is 6.42 Å². The summed E-state index contributed by atoms with van der Waals surface area (Å²) >= 11 is 0. The highest BCUT2D eigenvalue weighted by Gasteiger charge is 2.64. The van der Waals surface area contributed by atoms with Crippen LogP contribution in [0, 0.1) is 16.7 Å². The quantitative estimate of drug-likeness (QED) is 0.733. The smallest absolute Gasteiger partial charge is 0.303 e. The molecule has 2 saturated carbocycles. The molecule has 2 aliphatic rings. The number of carbonyl (C=O) groups is 2. The molecule has 0 aromatic rings. The molecule has 14 heavy (non-hydrogen) atoms. The van der Waals surface area contributed by atoms with Crippen LogP contribution in [-0.4, -0.2) is 16.9 Å². The Hall–Kier alpha value is -0.860. The molecule has 78 valence electrons. The Morgan fingerprint density at radius 1 is 1.57 bits per heavy atom. The fraction of sp³-hybridized carbons (Fsp3) is 0.818. The van der Waals surface area contributed by atoms with Crippen LogP contribution in [-0.2, 0) is 9.59 Å². The van der Waals surface area contributed by atoms with E-state index in [0.717, 1.165) is 12.8 Å². The van der Waals surface area contributed by atoms with Gasteiger partial charge in [-0.2, -0.15) is 0 Å². The van der Waals surface area contributed by atoms with Crippen LogP contribution in [0.2, 0.25) is 0 Å². The standard InChI is InChI=1S/C11H16O3/c1-10-4-3-7(5-8(10)12)11(10,2)6-9(13)14/h7H,3-6H2,1-2H3,(H,13,14)/t7-,10+,11-/m0/s1. The second-order valence-electron chi connectivity index (χ2n) is 5.18. The van der Waals surface area contributed by atoms with Crippen LogP contribution in [0.5, 0.6) is 0 Å². The number of hydrogen-bond acceptors (Lipinski definition) is 2. The van der Waals surface area contributed by atoms with Gasteiger partial charge in [-0.1, -0.05) is 13.8 Å². The van der Waals surface area contributed by atoms with Crippen LogP contribution >= 0.6 is 0 Å². The van der Waals surface area contributed by atoms with Crippen LogP contribution in [0.3, 0.4) is 0 Å². The fourth-order valence-corrected chi connectivity index (χ4v) is 3.41. The number of Topliss-reactive ketones (excluding diaryl/α,β-unsaturated/α-hetero) is 1. The van der Waals surface area contributed by atoms with Gasteiger partial charge >= 0.3 is 5.97 Å². The first-order chi connectivity index (χ1) is 6.40. The third-order valence-electron chi connectivity index (χ3n) is 4.72. The van der Waals surface area contributed by atoms with E-state index in [1.54, 1.807) is 0 Å². The van der Waals surface area contributed by atoms with Gasteiger partial charge in [0, 0.05) is 11.8 Å². The first kappa shape index (κ1) is 9.69. The predicted octanol–water partition coefficient (Wildman–Crippen LogP) is 1.86. The van der Waals surface area contributed by atoms with Gasteiger partial charge < -0.3 is 5.11 Å². The number of rotatable bonds is 2. The molecular weight excluding hydrogens is 180 g/mol. The maximum atomic E-state index is 11.8. The molecule has 0 aliphatic heterocycles. The maximum absolute atomic E-state index is 11.8. The van der Waals surface area contributed by atoms with E-state index >= 15 is 0 Å². The Morgan fingerprint density at radius 2 is 2.21 bits per heavy atom. The second-order valence-corrected chi connectivity index (χ2v) is 5.18. The summed E-state index contributed by atoms with van der Waals surface area (Å²) in [5.74, 6) is -0.200. The van der Waals surface area contributed by atoms with Crippen molar-refractivity contribution in [1.29, 1.82) is 0 Å². The van der Waals surface area contributed by atoms with E-state index in [0.29, 0.717) is 12.3 Å². The summed E-state index contributed by atoms with van der Waals surface area (Å²) < 4.78 is 0. The first-order valence-corrected chi connectivity index (χ1v) is 5.15. The van der Waals surface area contributed by atoms with E-state index in [1.807, 2.05) is 13.8 Å². The molecule has 2 aliphatic carbocycles. The lowest BCUT2D eigenvalue weighted by Crippen LogP contribution is -2.36. The average Bonchev–Trinajstić information content (AvgIpc) is 2.37. The zero-order chi connectivity index (χ0) is 10.6. The molecule has 2 bridgehead atoms. The van der Waals surface area contributed by atoms with E-state index in [9.17, 15) is 9.59 Å². The number of carbonyl (C=O) groups excluding carboxylic acids is 1. The minimum atomic E-state index is -0.777. The van der Waals surface area contributed by atoms with Gasteiger partial charge in [0.2, 0.25) is 0 Å². The predicted molar refractivity (Wildman–Crippen MR) is 50.8 cm³/mol. The number of hydrogen-bond donors (Lipinski definition) is 1. The van der Waals surface area contributed by atoms with Crippen molar-refractivity contribution in [3.05, 3.63) is 0 Å². The van der Waals surface area contributed by atoms with Gasteiger partial charge in [-0.3, -0.25) is 9.59 Å². The zero-order valence-electron chi connectivity index (χ0n) is 8.67. The van der Waals surface area contributed by atoms with Gasteiger partial charge in [0.15, 0.2) is 0 Å². The van der Waals surface area contributed by atoms with Crippen LogP contribution in [0.1, 0.15) is 39.5 Å². The topological polar surface area (TPSA) is 54.4 Å². The van der Waals surface area contributed by atoms with Gasteiger partial charge in [-0.05, 0) is 24.2 Å². The van der Waals surface area contributed by atoms with Gasteiger partial charge in [-0.15, -0.1) is 0 Å². The number of ketones is 1. The summed E-state index contributed by atoms with van der Waals surface area (Å²) in [6, 6.07) is 0. The van der Waals surface area contributed by atoms with Crippen LogP contribution in [0.25, 0.3) is 0 Å². The number of aliphatic carboxylic acids is 1. The van der Waals surface area contributed by atoms with Gasteiger partial charge in [0.1, 0.15) is 5.78 Å². The van der Waals surface area contributed by atoms with Crippen molar-refractivity contribution in [2.75, 3.05) is 0 Å². The summed E-state index contributed by atoms with van der Waals surface area (Å²) in [6.07, 6.45) is 2.63. The number of carboxylic acids is 1. The number of fused-ring (bicyclic) bond motifs is 2. The van der Waals surface area contributed by atoms with Crippen molar-refractivity contribution in [3.8, 4) is 0 Å². The summed E-state index contributed by atoms with van der Waals surface area (Å²) in [4.78, 5) is 22.6. The minimum Gasteiger partial charge on any atom is -0.481 e. The molecular formula is C11H16O3. The lowest BCUT2D eigenvalue weighted by atomic mass is 9.67. The van der Waals surface area contributed by atoms with E-state index in [4.69, 9.17) is 5.11 Å². The SMILES string of the molecule is C[C@]1(CC(=O)O)[C@H]2CC[C@]1(C)C(=O)C2. The Labute approximate surface area is 83.5 Å². The first-order valence-electron chi connectivity index (χ1n) is 5.15. The molecule has 3 atom stereocenters. The van der Waals surface area contributed by atoms with Crippen molar-refractivity contribution < 1.29 is 14.7 Å². The van der Waals surface area contributed by atoms with E-state index in [1.165, 1.54) is 0 Å². The van der Waals surface area contributed by atoms with E-state index < -0.39 is 5.97 Å². The average molecular weight is 196 g/mol. The Bertz CT molecular complexity index is 310. The molecule has 0 saturated heterocycles. The molecule has 0 heterocycles. The molecule has 0 amide bonds. The maximum Gasteiger partial charge on any atom is 0.303 e. The van der Waals surface area contributed by atoms with Crippen molar-refractivity contribution in [2.45, 2.75) is 39.5 Å². The molecule has 0 aromatic carbocycles. The summed E-state index contributed by atoms with van der Waals surface area (Å²) in [5, 5.41) is 8.89. The molecule has 1 N–H and O–H groups in total. The van der Waals surface area contributed by atoms with E-state index in [2.05, 4.69) is 0 Å². The monoisotopic (exact) mass is 196 g/mol. The third kappa shape index (κ3) is 0.928. The van der Waals surface area contributed by atoms with E-state index in [-0.39, 0.29) is 23.0 Å². The number of carboxylic acid groups (broad SMARTS) is 1. The highest BCUT2D eigenvalue weighted by atomic mass is 16.4. The second kappa shape index (κ2) is 2.59. The van der Waals surface area contributed by atoms with Crippen molar-refractivity contribution in [2.24, 2.45) is 16.7 Å². The molecule has 2 fully saturated rings. The third-order valence-corrected chi connectivity index (χ3v) is 4.72. The molecule has 0 unspecified atom stereocenters. The minimum absolute atomic E-state index is 0.139. The van der Waals surface area contributed by atoms with Crippen LogP contribution < -0.4 is 0 Å². The molecule has 2 rings (SSSR count). The highest BCUT2D eigenvalue weighted by Crippen LogP contribution is 2.65. The van der Waals surface area contributed by atoms with Crippen molar-refractivity contribution >= 4 is 11.8 Å². The van der Waals surface area contributed by atoms with Crippen LogP contribution in [0.4, 0.5) is 0 Å². The van der Waals surface area contributed by atoms with Crippen LogP contribution in [0.15, 0.2) is 0 Å². The summed E-state index contributed by atoms with van der Waals surface area (Å²) in [5.41, 5.74) is -0.661. The Morgan fingerprint density at radius 3 is 2.57 bits per heavy atom. The summed E-state index contributed by atoms with van der Waals surface area (Å²) in [7, 11) is 0. The Kier molecular flexibility index (Phi) is 1.79. The molecule has 3 heteroatoms. The normalized spacial score (nSPS) is 45.9. The van der Waals surface area contributed by atoms with Gasteiger partial charge in [0.25, 0.3) is 0 Å². The fourth-order valence-electron chi connectivity index (χ4n) is 3.41. The lowest BCUT2D eigenvalue weighted by molar-refractivity contribution is -0.142. The Balaban J connectivity index is 2.36. The zero-order valence-corrected chi connectivity index (χ0v) is 8.67. The largest absolute Gasteiger partial charge is 0.481 e. The highest BCUT2D eigenvalue weighted by molar-refractivity contribution is 5.90. The summed E-state index contributed by atoms with van der Waals surface area (Å²) in [6.45, 7) is 3.93. The molecule has 0 radical (unpaired) electrons. The van der Waals surface area contributed by atoms with Crippen molar-refractivity contribution in [3.63, 3.8) is 0 Å². The van der Waals surface area contributed by atoms with Gasteiger partial charge in [-0.25, -0.2) is 0 Å². The molecule has 0 spiro atoms. The lowest BCUT2D eigenvalue weighted by Gasteiger charge is -2.35. The molecule has 3 nitrogen and oxygen atoms in total. The molecule has 0 aromatic heterocycles. The van der Waals surface area contributed by atoms with Crippen molar-refractivity contribution in [1.82, 2.24) is 0 Å².